The minimum Gasteiger partial charge on any atom is -0.123 e. The van der Waals surface area contributed by atoms with E-state index in [1.165, 1.54) is 32.1 Å². The molecule has 10 heavy (non-hydrogen) atoms. The maximum Gasteiger partial charge on any atom is 0.119 e. The predicted molar refractivity (Wildman–Crippen MR) is 46.0 cm³/mol. The van der Waals surface area contributed by atoms with Crippen LogP contribution in [0.5, 0.6) is 0 Å². The quantitative estimate of drug-likeness (QED) is 0.373. The second-order valence-corrected chi connectivity index (χ2v) is 4.20. The molecular weight excluding hydrogens is 142 g/mol. The van der Waals surface area contributed by atoms with Crippen LogP contribution in [-0.4, -0.2) is 12.7 Å². The lowest BCUT2D eigenvalue weighted by atomic mass is 9.44. The van der Waals surface area contributed by atoms with Crippen LogP contribution in [-0.2, 0) is 0 Å². The minimum absolute atomic E-state index is 0.469. The van der Waals surface area contributed by atoms with E-state index in [2.05, 4.69) is 7.28 Å². The Morgan fingerprint density at radius 2 is 2.00 bits per heavy atom. The molecule has 0 nitrogen and oxygen atoms in total. The van der Waals surface area contributed by atoms with E-state index in [1.54, 1.807) is 0 Å². The van der Waals surface area contributed by atoms with Gasteiger partial charge in [0.05, 0.1) is 0 Å². The zero-order chi connectivity index (χ0) is 6.97. The highest BCUT2D eigenvalue weighted by Crippen LogP contribution is 2.43. The summed E-state index contributed by atoms with van der Waals surface area (Å²) in [5.41, 5.74) is 0. The van der Waals surface area contributed by atoms with Crippen LogP contribution in [0.2, 0.25) is 11.6 Å². The van der Waals surface area contributed by atoms with Crippen molar-refractivity contribution in [3.05, 3.63) is 0 Å². The van der Waals surface area contributed by atoms with Crippen LogP contribution in [0.25, 0.3) is 0 Å². The van der Waals surface area contributed by atoms with Gasteiger partial charge in [-0.25, -0.2) is 0 Å². The van der Waals surface area contributed by atoms with Gasteiger partial charge in [0.1, 0.15) is 7.28 Å². The average molecular weight is 155 g/mol. The summed E-state index contributed by atoms with van der Waals surface area (Å²) in [6, 6.07) is 0. The Hall–Kier alpha value is 0.355. The van der Waals surface area contributed by atoms with E-state index in [0.29, 0.717) is 5.38 Å². The largest absolute Gasteiger partial charge is 0.123 e. The molecule has 2 heteroatoms. The first-order chi connectivity index (χ1) is 4.86. The van der Waals surface area contributed by atoms with Gasteiger partial charge in [-0.05, 0) is 6.42 Å². The number of hydrogen-bond acceptors (Lipinski definition) is 0. The van der Waals surface area contributed by atoms with Gasteiger partial charge in [-0.1, -0.05) is 37.3 Å². The molecule has 0 N–H and O–H groups in total. The summed E-state index contributed by atoms with van der Waals surface area (Å²) in [6.45, 7) is 0. The van der Waals surface area contributed by atoms with Crippen molar-refractivity contribution >= 4 is 18.9 Å². The Morgan fingerprint density at radius 3 is 2.80 bits per heavy atom. The molecule has 0 amide bonds. The van der Waals surface area contributed by atoms with Gasteiger partial charge in [0.25, 0.3) is 0 Å². The van der Waals surface area contributed by atoms with Crippen LogP contribution < -0.4 is 0 Å². The lowest BCUT2D eigenvalue weighted by Crippen LogP contribution is -2.29. The van der Waals surface area contributed by atoms with Crippen LogP contribution in [0.4, 0.5) is 0 Å². The third-order valence-corrected chi connectivity index (χ3v) is 3.45. The molecule has 55 valence electrons. The summed E-state index contributed by atoms with van der Waals surface area (Å²) in [5.74, 6) is 1.68. The smallest absolute Gasteiger partial charge is 0.119 e. The summed E-state index contributed by atoms with van der Waals surface area (Å²) < 4.78 is 0. The van der Waals surface area contributed by atoms with Crippen molar-refractivity contribution in [3.63, 3.8) is 0 Å². The maximum absolute atomic E-state index is 6.15. The Morgan fingerprint density at radius 1 is 1.10 bits per heavy atom. The van der Waals surface area contributed by atoms with Crippen molar-refractivity contribution in [2.24, 2.45) is 0 Å². The molecule has 3 atom stereocenters. The van der Waals surface area contributed by atoms with Crippen LogP contribution in [0.15, 0.2) is 0 Å². The first kappa shape index (κ1) is 7.03. The molecule has 3 unspecified atom stereocenters. The standard InChI is InChI=1S/C8H13BCl/c10-8-5-4-6-2-1-3-7(8)9-6/h6-8H,1-5H2. The normalized spacial score (nSPS) is 46.3. The molecule has 0 aromatic heterocycles. The Balaban J connectivity index is 2.00. The molecule has 2 aliphatic rings. The number of hydrogen-bond donors (Lipinski definition) is 0. The number of fused-ring (bicyclic) bond motifs is 2. The fourth-order valence-electron chi connectivity index (χ4n) is 2.29. The molecule has 0 aromatic rings. The van der Waals surface area contributed by atoms with Gasteiger partial charge >= 0.3 is 0 Å². The molecule has 2 rings (SSSR count). The highest BCUT2D eigenvalue weighted by atomic mass is 35.5. The van der Waals surface area contributed by atoms with Crippen molar-refractivity contribution in [3.8, 4) is 0 Å². The summed E-state index contributed by atoms with van der Waals surface area (Å²) in [7, 11) is 2.50. The Kier molecular flexibility index (Phi) is 1.95. The maximum atomic E-state index is 6.15. The van der Waals surface area contributed by atoms with E-state index < -0.39 is 0 Å². The van der Waals surface area contributed by atoms with Gasteiger partial charge in [-0.3, -0.25) is 0 Å². The second kappa shape index (κ2) is 2.77. The van der Waals surface area contributed by atoms with Crippen molar-refractivity contribution in [1.29, 1.82) is 0 Å². The second-order valence-electron chi connectivity index (χ2n) is 3.64. The number of alkyl halides is 1. The molecule has 2 heterocycles. The number of halogens is 1. The summed E-state index contributed by atoms with van der Waals surface area (Å²) in [4.78, 5) is 0. The van der Waals surface area contributed by atoms with Gasteiger partial charge < -0.3 is 0 Å². The lowest BCUT2D eigenvalue weighted by Gasteiger charge is -2.36. The monoisotopic (exact) mass is 155 g/mol. The summed E-state index contributed by atoms with van der Waals surface area (Å²) in [6.07, 6.45) is 6.80. The van der Waals surface area contributed by atoms with E-state index in [4.69, 9.17) is 11.6 Å². The highest BCUT2D eigenvalue weighted by molar-refractivity contribution is 6.43. The minimum atomic E-state index is 0.469. The van der Waals surface area contributed by atoms with Gasteiger partial charge in [-0.2, -0.15) is 0 Å². The first-order valence-electron chi connectivity index (χ1n) is 4.35. The van der Waals surface area contributed by atoms with Crippen molar-refractivity contribution < 1.29 is 0 Å². The molecule has 2 fully saturated rings. The van der Waals surface area contributed by atoms with Gasteiger partial charge in [0, 0.05) is 5.38 Å². The molecule has 1 radical (unpaired) electrons. The predicted octanol–water partition coefficient (Wildman–Crippen LogP) is 2.85. The fraction of sp³-hybridized carbons (Fsp3) is 1.00. The van der Waals surface area contributed by atoms with Crippen LogP contribution in [0, 0.1) is 0 Å². The van der Waals surface area contributed by atoms with E-state index >= 15 is 0 Å². The lowest BCUT2D eigenvalue weighted by molar-refractivity contribution is 0.459. The molecule has 0 spiro atoms. The third-order valence-electron chi connectivity index (χ3n) is 2.91. The van der Waals surface area contributed by atoms with Crippen LogP contribution >= 0.6 is 11.6 Å². The molecule has 0 saturated carbocycles. The molecular formula is C8H13BCl. The zero-order valence-electron chi connectivity index (χ0n) is 6.22. The summed E-state index contributed by atoms with van der Waals surface area (Å²) >= 11 is 6.15. The van der Waals surface area contributed by atoms with E-state index in [-0.39, 0.29) is 0 Å². The van der Waals surface area contributed by atoms with Gasteiger partial charge in [-0.15, -0.1) is 11.6 Å². The zero-order valence-corrected chi connectivity index (χ0v) is 6.98. The van der Waals surface area contributed by atoms with Crippen LogP contribution in [0.3, 0.4) is 0 Å². The molecule has 2 aliphatic heterocycles. The van der Waals surface area contributed by atoms with Crippen molar-refractivity contribution in [1.82, 2.24) is 0 Å². The van der Waals surface area contributed by atoms with Crippen LogP contribution in [0.1, 0.15) is 32.1 Å². The topological polar surface area (TPSA) is 0 Å². The fourth-order valence-corrected chi connectivity index (χ4v) is 2.62. The van der Waals surface area contributed by atoms with Gasteiger partial charge in [0.15, 0.2) is 0 Å². The summed E-state index contributed by atoms with van der Waals surface area (Å²) in [5, 5.41) is 0.469. The molecule has 2 saturated heterocycles. The highest BCUT2D eigenvalue weighted by Gasteiger charge is 2.32. The Bertz CT molecular complexity index is 124. The van der Waals surface area contributed by atoms with E-state index in [9.17, 15) is 0 Å². The first-order valence-corrected chi connectivity index (χ1v) is 4.79. The number of rotatable bonds is 0. The molecule has 0 aliphatic carbocycles. The van der Waals surface area contributed by atoms with Gasteiger partial charge in [0.2, 0.25) is 0 Å². The molecule has 2 bridgehead atoms. The average Bonchev–Trinajstić information content (AvgIpc) is 1.99. The molecule has 0 aromatic carbocycles. The third kappa shape index (κ3) is 1.21. The SMILES string of the molecule is ClC1CCC2[B]C1CCC2. The van der Waals surface area contributed by atoms with Crippen molar-refractivity contribution in [2.45, 2.75) is 49.1 Å². The Labute approximate surface area is 68.6 Å². The van der Waals surface area contributed by atoms with E-state index in [1.807, 2.05) is 0 Å². The van der Waals surface area contributed by atoms with Crippen molar-refractivity contribution in [2.75, 3.05) is 0 Å². The van der Waals surface area contributed by atoms with E-state index in [0.717, 1.165) is 11.6 Å².